The Morgan fingerprint density at radius 3 is 2.38 bits per heavy atom. The van der Waals surface area contributed by atoms with Gasteiger partial charge in [0, 0.05) is 16.9 Å². The monoisotopic (exact) mass is 476 g/mol. The van der Waals surface area contributed by atoms with Crippen molar-refractivity contribution in [2.75, 3.05) is 11.1 Å². The van der Waals surface area contributed by atoms with Crippen molar-refractivity contribution in [1.29, 1.82) is 0 Å². The molecule has 1 amide bonds. The first kappa shape index (κ1) is 23.2. The molecule has 0 spiro atoms. The molecule has 0 bridgehead atoms. The fourth-order valence-electron chi connectivity index (χ4n) is 3.14. The van der Waals surface area contributed by atoms with Crippen molar-refractivity contribution in [2.24, 2.45) is 0 Å². The maximum atomic E-state index is 13.9. The largest absolute Gasteiger partial charge is 0.483 e. The minimum Gasteiger partial charge on any atom is -0.483 e. The average molecular weight is 477 g/mol. The van der Waals surface area contributed by atoms with Crippen molar-refractivity contribution in [3.8, 4) is 11.4 Å². The van der Waals surface area contributed by atoms with Crippen LogP contribution < -0.4 is 10.1 Å². The number of nitrogens with zero attached hydrogens (tertiary/aromatic N) is 3. The van der Waals surface area contributed by atoms with E-state index in [4.69, 9.17) is 4.74 Å². The van der Waals surface area contributed by atoms with Crippen molar-refractivity contribution in [3.63, 3.8) is 0 Å². The Bertz CT molecular complexity index is 1290. The van der Waals surface area contributed by atoms with Gasteiger partial charge in [0.05, 0.1) is 5.75 Å². The normalized spacial score (nSPS) is 10.6. The van der Waals surface area contributed by atoms with Crippen LogP contribution in [0.25, 0.3) is 5.69 Å². The minimum atomic E-state index is -0.462. The highest BCUT2D eigenvalue weighted by molar-refractivity contribution is 7.99. The van der Waals surface area contributed by atoms with E-state index >= 15 is 0 Å². The molecule has 9 heteroatoms. The van der Waals surface area contributed by atoms with E-state index < -0.39 is 5.82 Å². The molecular formula is C25H21FN4O3S. The topological polar surface area (TPSA) is 86.1 Å². The summed E-state index contributed by atoms with van der Waals surface area (Å²) in [5.74, 6) is -0.0495. The third-order valence-electron chi connectivity index (χ3n) is 4.82. The van der Waals surface area contributed by atoms with Crippen LogP contribution in [0.2, 0.25) is 0 Å². The van der Waals surface area contributed by atoms with Gasteiger partial charge in [0.25, 0.3) is 0 Å². The number of para-hydroxylation sites is 2. The molecule has 0 saturated heterocycles. The van der Waals surface area contributed by atoms with Gasteiger partial charge >= 0.3 is 0 Å². The smallest absolute Gasteiger partial charge is 0.234 e. The Labute approximate surface area is 200 Å². The predicted octanol–water partition coefficient (Wildman–Crippen LogP) is 4.92. The van der Waals surface area contributed by atoms with Crippen LogP contribution in [0.4, 0.5) is 10.1 Å². The van der Waals surface area contributed by atoms with Gasteiger partial charge in [-0.2, -0.15) is 0 Å². The van der Waals surface area contributed by atoms with E-state index in [0.717, 1.165) is 5.69 Å². The molecule has 7 nitrogen and oxygen atoms in total. The third kappa shape index (κ3) is 5.68. The zero-order valence-electron chi connectivity index (χ0n) is 18.3. The number of hydrogen-bond donors (Lipinski definition) is 1. The van der Waals surface area contributed by atoms with Gasteiger partial charge in [-0.25, -0.2) is 4.39 Å². The average Bonchev–Trinajstić information content (AvgIpc) is 3.26. The molecule has 0 aliphatic heterocycles. The number of carbonyl (C=O) groups excluding carboxylic acids is 2. The summed E-state index contributed by atoms with van der Waals surface area (Å²) in [7, 11) is 0. The van der Waals surface area contributed by atoms with E-state index in [9.17, 15) is 14.0 Å². The standard InChI is InChI=1S/C25H21FN4O3S/c1-17(31)18-11-13-19(14-12-18)27-24(32)16-34-25-29-28-23(30(25)20-7-3-2-4-8-20)15-33-22-10-6-5-9-21(22)26/h2-14H,15-16H2,1H3,(H,27,32). The first-order valence-corrected chi connectivity index (χ1v) is 11.4. The first-order valence-electron chi connectivity index (χ1n) is 10.4. The van der Waals surface area contributed by atoms with Crippen molar-refractivity contribution >= 4 is 29.1 Å². The first-order chi connectivity index (χ1) is 16.5. The van der Waals surface area contributed by atoms with Gasteiger partial charge in [-0.15, -0.1) is 10.2 Å². The van der Waals surface area contributed by atoms with E-state index in [0.29, 0.717) is 22.2 Å². The second kappa shape index (κ2) is 10.8. The SMILES string of the molecule is CC(=O)c1ccc(NC(=O)CSc2nnc(COc3ccccc3F)n2-c2ccccc2)cc1. The number of thioether (sulfide) groups is 1. The Morgan fingerprint density at radius 2 is 1.68 bits per heavy atom. The molecule has 1 aromatic heterocycles. The number of ether oxygens (including phenoxy) is 1. The summed E-state index contributed by atoms with van der Waals surface area (Å²) in [5, 5.41) is 11.7. The van der Waals surface area contributed by atoms with Gasteiger partial charge in [0.2, 0.25) is 5.91 Å². The Hall–Kier alpha value is -3.98. The number of carbonyl (C=O) groups is 2. The van der Waals surface area contributed by atoms with E-state index in [-0.39, 0.29) is 29.8 Å². The lowest BCUT2D eigenvalue weighted by Crippen LogP contribution is -2.15. The number of ketones is 1. The van der Waals surface area contributed by atoms with Crippen LogP contribution in [0.1, 0.15) is 23.1 Å². The fraction of sp³-hybridized carbons (Fsp3) is 0.120. The predicted molar refractivity (Wildman–Crippen MR) is 128 cm³/mol. The van der Waals surface area contributed by atoms with E-state index in [1.807, 2.05) is 30.3 Å². The summed E-state index contributed by atoms with van der Waals surface area (Å²) >= 11 is 1.22. The maximum absolute atomic E-state index is 13.9. The highest BCUT2D eigenvalue weighted by Gasteiger charge is 2.17. The number of amides is 1. The molecule has 4 aromatic rings. The fourth-order valence-corrected chi connectivity index (χ4v) is 3.91. The number of aromatic nitrogens is 3. The number of hydrogen-bond acceptors (Lipinski definition) is 6. The molecule has 0 aliphatic carbocycles. The molecule has 3 aromatic carbocycles. The van der Waals surface area contributed by atoms with Gasteiger partial charge in [-0.3, -0.25) is 14.2 Å². The van der Waals surface area contributed by atoms with Gasteiger partial charge in [-0.05, 0) is 55.5 Å². The molecule has 0 saturated carbocycles. The number of nitrogens with one attached hydrogen (secondary N) is 1. The summed E-state index contributed by atoms with van der Waals surface area (Å²) in [5.41, 5.74) is 1.97. The molecule has 1 heterocycles. The van der Waals surface area contributed by atoms with Gasteiger partial charge < -0.3 is 10.1 Å². The van der Waals surface area contributed by atoms with E-state index in [1.165, 1.54) is 24.8 Å². The van der Waals surface area contributed by atoms with E-state index in [2.05, 4.69) is 15.5 Å². The van der Waals surface area contributed by atoms with Crippen LogP contribution >= 0.6 is 11.8 Å². The molecule has 34 heavy (non-hydrogen) atoms. The zero-order chi connectivity index (χ0) is 23.9. The lowest BCUT2D eigenvalue weighted by molar-refractivity contribution is -0.113. The molecular weight excluding hydrogens is 455 g/mol. The third-order valence-corrected chi connectivity index (χ3v) is 5.74. The molecule has 0 radical (unpaired) electrons. The zero-order valence-corrected chi connectivity index (χ0v) is 19.1. The molecule has 0 fully saturated rings. The van der Waals surface area contributed by atoms with Crippen LogP contribution in [0.15, 0.2) is 84.0 Å². The van der Waals surface area contributed by atoms with Crippen molar-refractivity contribution in [2.45, 2.75) is 18.7 Å². The highest BCUT2D eigenvalue weighted by atomic mass is 32.2. The molecule has 4 rings (SSSR count). The van der Waals surface area contributed by atoms with Crippen LogP contribution in [0.5, 0.6) is 5.75 Å². The quantitative estimate of drug-likeness (QED) is 0.273. The maximum Gasteiger partial charge on any atom is 0.234 e. The van der Waals surface area contributed by atoms with Crippen LogP contribution in [0.3, 0.4) is 0 Å². The number of anilines is 1. The molecule has 0 aliphatic rings. The van der Waals surface area contributed by atoms with Gasteiger partial charge in [0.1, 0.15) is 6.61 Å². The van der Waals surface area contributed by atoms with Crippen LogP contribution in [-0.4, -0.2) is 32.2 Å². The summed E-state index contributed by atoms with van der Waals surface area (Å²) in [4.78, 5) is 23.9. The second-order valence-electron chi connectivity index (χ2n) is 7.26. The van der Waals surface area contributed by atoms with Crippen molar-refractivity contribution in [1.82, 2.24) is 14.8 Å². The van der Waals surface area contributed by atoms with E-state index in [1.54, 1.807) is 47.0 Å². The summed E-state index contributed by atoms with van der Waals surface area (Å²) < 4.78 is 21.3. The lowest BCUT2D eigenvalue weighted by Gasteiger charge is -2.11. The molecule has 172 valence electrons. The van der Waals surface area contributed by atoms with Crippen molar-refractivity contribution < 1.29 is 18.7 Å². The second-order valence-corrected chi connectivity index (χ2v) is 8.20. The summed E-state index contributed by atoms with van der Waals surface area (Å²) in [6.07, 6.45) is 0. The Kier molecular flexibility index (Phi) is 7.34. The lowest BCUT2D eigenvalue weighted by atomic mass is 10.1. The number of benzene rings is 3. The molecule has 0 atom stereocenters. The molecule has 0 unspecified atom stereocenters. The van der Waals surface area contributed by atoms with Crippen LogP contribution in [-0.2, 0) is 11.4 Å². The number of Topliss-reactive ketones (excluding diaryl/α,β-unsaturated/α-hetero) is 1. The summed E-state index contributed by atoms with van der Waals surface area (Å²) in [6.45, 7) is 1.49. The summed E-state index contributed by atoms with van der Waals surface area (Å²) in [6, 6.07) is 22.3. The van der Waals surface area contributed by atoms with Crippen molar-refractivity contribution in [3.05, 3.63) is 96.1 Å². The number of rotatable bonds is 9. The minimum absolute atomic E-state index is 0.00190. The Morgan fingerprint density at radius 1 is 0.971 bits per heavy atom. The van der Waals surface area contributed by atoms with Gasteiger partial charge in [-0.1, -0.05) is 42.1 Å². The highest BCUT2D eigenvalue weighted by Crippen LogP contribution is 2.24. The van der Waals surface area contributed by atoms with Crippen LogP contribution in [0, 0.1) is 5.82 Å². The molecule has 1 N–H and O–H groups in total. The Balaban J connectivity index is 1.47. The number of halogens is 1. The van der Waals surface area contributed by atoms with Gasteiger partial charge in [0.15, 0.2) is 28.3 Å².